The first-order chi connectivity index (χ1) is 19.2. The van der Waals surface area contributed by atoms with E-state index in [2.05, 4.69) is 93.6 Å². The molecule has 2 aromatic heterocycles. The van der Waals surface area contributed by atoms with Gasteiger partial charge in [-0.3, -0.25) is 4.98 Å². The van der Waals surface area contributed by atoms with Crippen molar-refractivity contribution < 1.29 is 9.53 Å². The molecule has 2 aliphatic carbocycles. The molecule has 192 valence electrons. The third-order valence-corrected chi connectivity index (χ3v) is 7.69. The first-order valence-electron chi connectivity index (χ1n) is 13.4. The molecule has 0 amide bonds. The summed E-state index contributed by atoms with van der Waals surface area (Å²) >= 11 is 0. The van der Waals surface area contributed by atoms with E-state index in [9.17, 15) is 4.79 Å². The summed E-state index contributed by atoms with van der Waals surface area (Å²) in [4.78, 5) is 19.2. The molecule has 7 rings (SSSR count). The van der Waals surface area contributed by atoms with Crippen molar-refractivity contribution in [2.24, 2.45) is 5.92 Å². The van der Waals surface area contributed by atoms with Crippen molar-refractivity contribution >= 4 is 33.2 Å². The summed E-state index contributed by atoms with van der Waals surface area (Å²) in [5.74, 6) is 0.198. The maximum atomic E-state index is 11.2. The fourth-order valence-corrected chi connectivity index (χ4v) is 5.82. The molecule has 39 heavy (non-hydrogen) atoms. The van der Waals surface area contributed by atoms with Crippen molar-refractivity contribution in [3.05, 3.63) is 137 Å². The maximum absolute atomic E-state index is 11.2. The molecule has 1 unspecified atom stereocenters. The summed E-state index contributed by atoms with van der Waals surface area (Å²) in [6.45, 7) is 0. The summed E-state index contributed by atoms with van der Waals surface area (Å²) in [5, 5.41) is 3.70. The Morgan fingerprint density at radius 1 is 0.923 bits per heavy atom. The fraction of sp³-hybridized carbons (Fsp3) is 0.171. The predicted octanol–water partition coefficient (Wildman–Crippen LogP) is 7.77. The third kappa shape index (κ3) is 5.10. The zero-order valence-corrected chi connectivity index (χ0v) is 22.0. The number of benzene rings is 3. The first kappa shape index (κ1) is 24.7. The van der Waals surface area contributed by atoms with Gasteiger partial charge in [0.15, 0.2) is 0 Å². The van der Waals surface area contributed by atoms with Crippen LogP contribution in [0.5, 0.6) is 0 Å². The minimum Gasteiger partial charge on any atom is -0.464 e. The summed E-state index contributed by atoms with van der Waals surface area (Å²) < 4.78 is 4.57. The molecular weight excluding hydrogens is 480 g/mol. The molecular formula is C35H30N2O2. The van der Waals surface area contributed by atoms with Gasteiger partial charge in [-0.1, -0.05) is 84.5 Å². The van der Waals surface area contributed by atoms with Crippen LogP contribution in [-0.4, -0.2) is 23.0 Å². The van der Waals surface area contributed by atoms with Crippen LogP contribution >= 0.6 is 0 Å². The van der Waals surface area contributed by atoms with Crippen molar-refractivity contribution in [1.82, 2.24) is 9.97 Å². The number of ether oxygens (including phenoxy) is 1. The minimum absolute atomic E-state index is 0.311. The van der Waals surface area contributed by atoms with E-state index in [1.165, 1.54) is 47.4 Å². The molecule has 0 aliphatic heterocycles. The van der Waals surface area contributed by atoms with E-state index in [1.807, 2.05) is 0 Å². The molecule has 1 atom stereocenters. The first-order valence-corrected chi connectivity index (χ1v) is 13.4. The van der Waals surface area contributed by atoms with Crippen molar-refractivity contribution in [1.29, 1.82) is 0 Å². The van der Waals surface area contributed by atoms with Gasteiger partial charge in [0.2, 0.25) is 0 Å². The van der Waals surface area contributed by atoms with Gasteiger partial charge in [0, 0.05) is 17.8 Å². The monoisotopic (exact) mass is 510 g/mol. The highest BCUT2D eigenvalue weighted by Gasteiger charge is 2.28. The number of hydrogen-bond donors (Lipinski definition) is 0. The number of rotatable bonds is 3. The Bertz CT molecular complexity index is 1720. The molecule has 0 N–H and O–H groups in total. The highest BCUT2D eigenvalue weighted by molar-refractivity contribution is 5.94. The summed E-state index contributed by atoms with van der Waals surface area (Å²) in [6, 6.07) is 29.7. The van der Waals surface area contributed by atoms with Gasteiger partial charge in [0.25, 0.3) is 0 Å². The van der Waals surface area contributed by atoms with Gasteiger partial charge < -0.3 is 4.74 Å². The zero-order valence-electron chi connectivity index (χ0n) is 22.0. The Morgan fingerprint density at radius 3 is 2.62 bits per heavy atom. The second kappa shape index (κ2) is 11.0. The van der Waals surface area contributed by atoms with Crippen LogP contribution < -0.4 is 0 Å². The number of hydrogen-bond acceptors (Lipinski definition) is 4. The highest BCUT2D eigenvalue weighted by atomic mass is 16.5. The normalized spacial score (nSPS) is 15.8. The molecule has 2 heterocycles. The van der Waals surface area contributed by atoms with Crippen LogP contribution in [0.2, 0.25) is 0 Å². The molecule has 4 heteroatoms. The number of nitrogens with zero attached hydrogens (tertiary/aromatic N) is 2. The molecule has 0 saturated heterocycles. The quantitative estimate of drug-likeness (QED) is 0.233. The Balaban J connectivity index is 0.000000168. The summed E-state index contributed by atoms with van der Waals surface area (Å²) in [6.07, 6.45) is 12.8. The summed E-state index contributed by atoms with van der Waals surface area (Å²) in [7, 11) is 1.33. The van der Waals surface area contributed by atoms with E-state index in [0.29, 0.717) is 11.6 Å². The second-order valence-electron chi connectivity index (χ2n) is 10.0. The van der Waals surface area contributed by atoms with Crippen LogP contribution in [0.3, 0.4) is 0 Å². The lowest BCUT2D eigenvalue weighted by molar-refractivity contribution is 0.0594. The van der Waals surface area contributed by atoms with Gasteiger partial charge in [-0.15, -0.1) is 0 Å². The third-order valence-electron chi connectivity index (χ3n) is 7.69. The molecule has 2 aliphatic rings. The van der Waals surface area contributed by atoms with E-state index in [1.54, 1.807) is 41.7 Å². The van der Waals surface area contributed by atoms with Crippen LogP contribution in [0.15, 0.2) is 115 Å². The smallest absolute Gasteiger partial charge is 0.356 e. The topological polar surface area (TPSA) is 52.1 Å². The summed E-state index contributed by atoms with van der Waals surface area (Å²) in [5.41, 5.74) is 8.69. The molecule has 4 nitrogen and oxygen atoms in total. The molecule has 0 spiro atoms. The van der Waals surface area contributed by atoms with Crippen molar-refractivity contribution in [3.63, 3.8) is 0 Å². The number of esters is 1. The molecule has 0 radical (unpaired) electrons. The van der Waals surface area contributed by atoms with Gasteiger partial charge in [-0.05, 0) is 82.8 Å². The van der Waals surface area contributed by atoms with Gasteiger partial charge in [-0.2, -0.15) is 0 Å². The Labute approximate surface area is 228 Å². The van der Waals surface area contributed by atoms with Crippen LogP contribution in [0, 0.1) is 5.92 Å². The molecule has 5 aromatic rings. The lowest BCUT2D eigenvalue weighted by Crippen LogP contribution is -2.20. The van der Waals surface area contributed by atoms with E-state index in [0.717, 1.165) is 23.7 Å². The average molecular weight is 511 g/mol. The number of methoxy groups -OCH3 is 1. The number of pyridine rings is 2. The van der Waals surface area contributed by atoms with E-state index in [4.69, 9.17) is 0 Å². The van der Waals surface area contributed by atoms with Crippen molar-refractivity contribution in [3.8, 4) is 0 Å². The molecule has 3 aromatic carbocycles. The molecule has 0 saturated carbocycles. The zero-order chi connectivity index (χ0) is 26.6. The number of allylic oxidation sites excluding steroid dienone is 4. The van der Waals surface area contributed by atoms with Crippen molar-refractivity contribution in [2.45, 2.75) is 25.7 Å². The number of carbonyl (C=O) groups excluding carboxylic acids is 1. The standard InChI is InChI=1S/C25H22.C10H8N2O2/c1-2-8-18(9-3-1)16-20-17-25-21-11-5-4-10-19(21)14-15-24(25)23-13-7-6-12-22(20)23;1-14-10(13)9-3-2-7-6-11-5-4-8(7)12-9/h1-5,7-11,13-15,20H,6,12,16-17H2;2-6H,1H3. The van der Waals surface area contributed by atoms with Gasteiger partial charge >= 0.3 is 5.97 Å². The van der Waals surface area contributed by atoms with Gasteiger partial charge in [0.1, 0.15) is 5.69 Å². The largest absolute Gasteiger partial charge is 0.464 e. The lowest BCUT2D eigenvalue weighted by atomic mass is 9.72. The van der Waals surface area contributed by atoms with Crippen LogP contribution in [0.1, 0.15) is 40.0 Å². The maximum Gasteiger partial charge on any atom is 0.356 e. The van der Waals surface area contributed by atoms with E-state index >= 15 is 0 Å². The highest BCUT2D eigenvalue weighted by Crippen LogP contribution is 2.43. The van der Waals surface area contributed by atoms with E-state index < -0.39 is 5.97 Å². The number of carbonyl (C=O) groups is 1. The number of fused-ring (bicyclic) bond motifs is 5. The lowest BCUT2D eigenvalue weighted by Gasteiger charge is -2.32. The SMILES string of the molecule is C1=CC2=C(CC1)C(Cc1ccccc1)Cc1c2ccc2ccccc12.COC(=O)c1ccc2cnccc2n1. The average Bonchev–Trinajstić information content (AvgIpc) is 3.01. The second-order valence-corrected chi connectivity index (χ2v) is 10.0. The van der Waals surface area contributed by atoms with Crippen LogP contribution in [-0.2, 0) is 17.6 Å². The van der Waals surface area contributed by atoms with Crippen LogP contribution in [0.25, 0.3) is 27.2 Å². The number of aromatic nitrogens is 2. The Hall–Kier alpha value is -4.57. The van der Waals surface area contributed by atoms with E-state index in [-0.39, 0.29) is 0 Å². The molecule has 0 fully saturated rings. The van der Waals surface area contributed by atoms with Gasteiger partial charge in [-0.25, -0.2) is 9.78 Å². The van der Waals surface area contributed by atoms with Crippen LogP contribution in [0.4, 0.5) is 0 Å². The Kier molecular flexibility index (Phi) is 7.01. The van der Waals surface area contributed by atoms with Crippen molar-refractivity contribution in [2.75, 3.05) is 7.11 Å². The Morgan fingerprint density at radius 2 is 1.74 bits per heavy atom. The predicted molar refractivity (Wildman–Crippen MR) is 157 cm³/mol. The van der Waals surface area contributed by atoms with Gasteiger partial charge in [0.05, 0.1) is 12.6 Å². The minimum atomic E-state index is -0.427. The fourth-order valence-electron chi connectivity index (χ4n) is 5.82. The molecule has 0 bridgehead atoms.